The summed E-state index contributed by atoms with van der Waals surface area (Å²) in [4.78, 5) is 0. The molecule has 1 aromatic carbocycles. The standard InChI is InChI=1S/C11H13N3S/c1-2-12-7-9-3-5-10(6-4-9)11-8-15-14-13-11/h3-6,8,12H,2,7H2,1H3. The Hall–Kier alpha value is -1.26. The lowest BCUT2D eigenvalue weighted by atomic mass is 10.1. The summed E-state index contributed by atoms with van der Waals surface area (Å²) in [5.41, 5.74) is 3.38. The fraction of sp³-hybridized carbons (Fsp3) is 0.273. The van der Waals surface area contributed by atoms with Crippen molar-refractivity contribution >= 4 is 11.5 Å². The number of nitrogens with zero attached hydrogens (tertiary/aromatic N) is 2. The third kappa shape index (κ3) is 2.61. The van der Waals surface area contributed by atoms with Crippen LogP contribution >= 0.6 is 11.5 Å². The molecule has 0 spiro atoms. The maximum Gasteiger partial charge on any atom is 0.105 e. The second-order valence-electron chi connectivity index (χ2n) is 3.27. The van der Waals surface area contributed by atoms with Crippen molar-refractivity contribution < 1.29 is 0 Å². The summed E-state index contributed by atoms with van der Waals surface area (Å²) in [6.07, 6.45) is 0. The molecule has 1 aromatic heterocycles. The van der Waals surface area contributed by atoms with E-state index < -0.39 is 0 Å². The molecule has 0 unspecified atom stereocenters. The van der Waals surface area contributed by atoms with Crippen LogP contribution in [0.1, 0.15) is 12.5 Å². The summed E-state index contributed by atoms with van der Waals surface area (Å²) in [5, 5.41) is 9.28. The molecule has 0 bridgehead atoms. The predicted octanol–water partition coefficient (Wildman–Crippen LogP) is 2.31. The van der Waals surface area contributed by atoms with Gasteiger partial charge in [-0.3, -0.25) is 0 Å². The van der Waals surface area contributed by atoms with Gasteiger partial charge >= 0.3 is 0 Å². The molecule has 2 rings (SSSR count). The lowest BCUT2D eigenvalue weighted by Crippen LogP contribution is -2.11. The highest BCUT2D eigenvalue weighted by atomic mass is 32.1. The smallest absolute Gasteiger partial charge is 0.105 e. The van der Waals surface area contributed by atoms with Gasteiger partial charge in [-0.2, -0.15) is 0 Å². The molecule has 0 atom stereocenters. The van der Waals surface area contributed by atoms with Crippen LogP contribution in [0, 0.1) is 0 Å². The van der Waals surface area contributed by atoms with Crippen LogP contribution in [0.4, 0.5) is 0 Å². The number of rotatable bonds is 4. The topological polar surface area (TPSA) is 37.8 Å². The Balaban J connectivity index is 2.11. The van der Waals surface area contributed by atoms with Crippen LogP contribution in [0.3, 0.4) is 0 Å². The quantitative estimate of drug-likeness (QED) is 0.857. The Labute approximate surface area is 93.3 Å². The van der Waals surface area contributed by atoms with Crippen LogP contribution in [0.25, 0.3) is 11.3 Å². The summed E-state index contributed by atoms with van der Waals surface area (Å²) < 4.78 is 3.85. The lowest BCUT2D eigenvalue weighted by molar-refractivity contribution is 0.727. The average Bonchev–Trinajstić information content (AvgIpc) is 2.80. The van der Waals surface area contributed by atoms with E-state index in [0.29, 0.717) is 0 Å². The first-order chi connectivity index (χ1) is 7.40. The zero-order chi connectivity index (χ0) is 10.5. The molecule has 0 radical (unpaired) electrons. The van der Waals surface area contributed by atoms with E-state index in [0.717, 1.165) is 24.3 Å². The molecule has 0 fully saturated rings. The zero-order valence-corrected chi connectivity index (χ0v) is 9.42. The monoisotopic (exact) mass is 219 g/mol. The molecule has 78 valence electrons. The summed E-state index contributed by atoms with van der Waals surface area (Å²) >= 11 is 1.38. The lowest BCUT2D eigenvalue weighted by Gasteiger charge is -2.02. The van der Waals surface area contributed by atoms with Gasteiger partial charge in [0.15, 0.2) is 0 Å². The molecule has 4 heteroatoms. The van der Waals surface area contributed by atoms with Gasteiger partial charge in [0.05, 0.1) is 0 Å². The van der Waals surface area contributed by atoms with Crippen molar-refractivity contribution in [1.82, 2.24) is 14.9 Å². The highest BCUT2D eigenvalue weighted by molar-refractivity contribution is 7.03. The van der Waals surface area contributed by atoms with E-state index in [1.165, 1.54) is 17.1 Å². The summed E-state index contributed by atoms with van der Waals surface area (Å²) in [5.74, 6) is 0. The second-order valence-corrected chi connectivity index (χ2v) is 3.88. The Morgan fingerprint density at radius 2 is 2.07 bits per heavy atom. The van der Waals surface area contributed by atoms with E-state index in [1.807, 2.05) is 5.38 Å². The minimum absolute atomic E-state index is 0.923. The Bertz CT molecular complexity index is 394. The molecular weight excluding hydrogens is 206 g/mol. The third-order valence-electron chi connectivity index (χ3n) is 2.19. The SMILES string of the molecule is CCNCc1ccc(-c2csnn2)cc1. The minimum Gasteiger partial charge on any atom is -0.313 e. The number of hydrogen-bond acceptors (Lipinski definition) is 4. The summed E-state index contributed by atoms with van der Waals surface area (Å²) in [6.45, 7) is 4.03. The molecule has 2 aromatic rings. The van der Waals surface area contributed by atoms with E-state index in [2.05, 4.69) is 46.1 Å². The number of benzene rings is 1. The van der Waals surface area contributed by atoms with Gasteiger partial charge in [-0.1, -0.05) is 35.7 Å². The van der Waals surface area contributed by atoms with Crippen LogP contribution in [0.2, 0.25) is 0 Å². The normalized spacial score (nSPS) is 10.5. The molecule has 0 aliphatic heterocycles. The maximum atomic E-state index is 4.03. The average molecular weight is 219 g/mol. The van der Waals surface area contributed by atoms with E-state index in [1.54, 1.807) is 0 Å². The van der Waals surface area contributed by atoms with Gasteiger partial charge in [-0.05, 0) is 23.6 Å². The van der Waals surface area contributed by atoms with Crippen molar-refractivity contribution in [2.45, 2.75) is 13.5 Å². The Morgan fingerprint density at radius 1 is 1.27 bits per heavy atom. The fourth-order valence-electron chi connectivity index (χ4n) is 1.35. The fourth-order valence-corrected chi connectivity index (χ4v) is 1.82. The first kappa shape index (κ1) is 10.3. The molecule has 0 aliphatic rings. The van der Waals surface area contributed by atoms with Crippen LogP contribution < -0.4 is 5.32 Å². The van der Waals surface area contributed by atoms with Gasteiger partial charge in [0.2, 0.25) is 0 Å². The molecule has 0 aliphatic carbocycles. The molecule has 1 heterocycles. The largest absolute Gasteiger partial charge is 0.313 e. The Kier molecular flexibility index (Phi) is 3.42. The van der Waals surface area contributed by atoms with Gasteiger partial charge in [-0.15, -0.1) is 5.10 Å². The van der Waals surface area contributed by atoms with Crippen molar-refractivity contribution in [1.29, 1.82) is 0 Å². The molecule has 3 nitrogen and oxygen atoms in total. The number of aromatic nitrogens is 2. The van der Waals surface area contributed by atoms with Crippen molar-refractivity contribution in [2.75, 3.05) is 6.54 Å². The molecule has 15 heavy (non-hydrogen) atoms. The van der Waals surface area contributed by atoms with Crippen molar-refractivity contribution in [3.8, 4) is 11.3 Å². The third-order valence-corrected chi connectivity index (χ3v) is 2.69. The van der Waals surface area contributed by atoms with Crippen molar-refractivity contribution in [3.05, 3.63) is 35.2 Å². The van der Waals surface area contributed by atoms with E-state index >= 15 is 0 Å². The number of nitrogens with one attached hydrogen (secondary N) is 1. The minimum atomic E-state index is 0.923. The van der Waals surface area contributed by atoms with Crippen LogP contribution in [0.5, 0.6) is 0 Å². The highest BCUT2D eigenvalue weighted by Gasteiger charge is 2.00. The maximum absolute atomic E-state index is 4.03. The van der Waals surface area contributed by atoms with E-state index in [-0.39, 0.29) is 0 Å². The number of hydrogen-bond donors (Lipinski definition) is 1. The van der Waals surface area contributed by atoms with Gasteiger partial charge in [-0.25, -0.2) is 0 Å². The zero-order valence-electron chi connectivity index (χ0n) is 8.60. The molecule has 0 amide bonds. The van der Waals surface area contributed by atoms with Crippen LogP contribution in [-0.4, -0.2) is 16.1 Å². The predicted molar refractivity (Wildman–Crippen MR) is 62.7 cm³/mol. The van der Waals surface area contributed by atoms with Gasteiger partial charge in [0.1, 0.15) is 5.69 Å². The van der Waals surface area contributed by atoms with Crippen molar-refractivity contribution in [2.24, 2.45) is 0 Å². The van der Waals surface area contributed by atoms with Gasteiger partial charge in [0, 0.05) is 17.5 Å². The second kappa shape index (κ2) is 5.00. The summed E-state index contributed by atoms with van der Waals surface area (Å²) in [7, 11) is 0. The first-order valence-electron chi connectivity index (χ1n) is 4.97. The van der Waals surface area contributed by atoms with Crippen molar-refractivity contribution in [3.63, 3.8) is 0 Å². The molecular formula is C11H13N3S. The Morgan fingerprint density at radius 3 is 2.67 bits per heavy atom. The van der Waals surface area contributed by atoms with Gasteiger partial charge in [0.25, 0.3) is 0 Å². The van der Waals surface area contributed by atoms with Crippen LogP contribution in [-0.2, 0) is 6.54 Å². The van der Waals surface area contributed by atoms with E-state index in [4.69, 9.17) is 0 Å². The van der Waals surface area contributed by atoms with Crippen LogP contribution in [0.15, 0.2) is 29.6 Å². The molecule has 1 N–H and O–H groups in total. The van der Waals surface area contributed by atoms with E-state index in [9.17, 15) is 0 Å². The molecule has 0 saturated carbocycles. The summed E-state index contributed by atoms with van der Waals surface area (Å²) in [6, 6.07) is 8.42. The van der Waals surface area contributed by atoms with Gasteiger partial charge < -0.3 is 5.32 Å². The highest BCUT2D eigenvalue weighted by Crippen LogP contribution is 2.17. The first-order valence-corrected chi connectivity index (χ1v) is 5.81. The molecule has 0 saturated heterocycles.